The van der Waals surface area contributed by atoms with Crippen molar-refractivity contribution in [3.8, 4) is 0 Å². The molecule has 2 fully saturated rings. The van der Waals surface area contributed by atoms with E-state index in [-0.39, 0.29) is 5.91 Å². The quantitative estimate of drug-likeness (QED) is 0.704. The fourth-order valence-electron chi connectivity index (χ4n) is 3.20. The Labute approximate surface area is 134 Å². The average Bonchev–Trinajstić information content (AvgIpc) is 2.66. The summed E-state index contributed by atoms with van der Waals surface area (Å²) >= 11 is 0. The SMILES string of the molecule is CN(C)C(=O)CN1CCCN(CCC2CCS(=O)(=O)C2)CC1. The van der Waals surface area contributed by atoms with Gasteiger partial charge in [-0.05, 0) is 44.8 Å². The Morgan fingerprint density at radius 1 is 1.14 bits per heavy atom. The first-order valence-corrected chi connectivity index (χ1v) is 10.0. The molecule has 128 valence electrons. The maximum Gasteiger partial charge on any atom is 0.236 e. The zero-order valence-electron chi connectivity index (χ0n) is 13.8. The zero-order chi connectivity index (χ0) is 16.2. The number of carbonyl (C=O) groups excluding carboxylic acids is 1. The van der Waals surface area contributed by atoms with Crippen LogP contribution in [-0.2, 0) is 14.6 Å². The van der Waals surface area contributed by atoms with Gasteiger partial charge in [0.25, 0.3) is 0 Å². The second kappa shape index (κ2) is 7.75. The number of carbonyl (C=O) groups is 1. The third-order valence-corrected chi connectivity index (χ3v) is 6.56. The Balaban J connectivity index is 1.70. The van der Waals surface area contributed by atoms with E-state index in [1.165, 1.54) is 0 Å². The molecule has 1 unspecified atom stereocenters. The molecule has 2 saturated heterocycles. The van der Waals surface area contributed by atoms with Gasteiger partial charge in [0.15, 0.2) is 9.84 Å². The fraction of sp³-hybridized carbons (Fsp3) is 0.933. The molecule has 2 aliphatic rings. The van der Waals surface area contributed by atoms with E-state index in [2.05, 4.69) is 9.80 Å². The number of amides is 1. The lowest BCUT2D eigenvalue weighted by atomic mass is 10.1. The third kappa shape index (κ3) is 5.52. The number of sulfone groups is 1. The first-order chi connectivity index (χ1) is 10.4. The van der Waals surface area contributed by atoms with Gasteiger partial charge in [-0.2, -0.15) is 0 Å². The maximum atomic E-state index is 11.8. The zero-order valence-corrected chi connectivity index (χ0v) is 14.6. The summed E-state index contributed by atoms with van der Waals surface area (Å²) in [4.78, 5) is 18.1. The van der Waals surface area contributed by atoms with Crippen LogP contribution >= 0.6 is 0 Å². The van der Waals surface area contributed by atoms with Crippen molar-refractivity contribution in [3.05, 3.63) is 0 Å². The first kappa shape index (κ1) is 17.7. The Hall–Kier alpha value is -0.660. The second-order valence-electron chi connectivity index (χ2n) is 6.82. The van der Waals surface area contributed by atoms with Crippen LogP contribution in [0.1, 0.15) is 19.3 Å². The van der Waals surface area contributed by atoms with Crippen LogP contribution in [0.5, 0.6) is 0 Å². The molecule has 0 aromatic heterocycles. The molecule has 1 atom stereocenters. The summed E-state index contributed by atoms with van der Waals surface area (Å²) in [6.45, 7) is 5.39. The van der Waals surface area contributed by atoms with Gasteiger partial charge in [-0.1, -0.05) is 0 Å². The van der Waals surface area contributed by atoms with Crippen LogP contribution in [0.15, 0.2) is 0 Å². The molecule has 0 radical (unpaired) electrons. The lowest BCUT2D eigenvalue weighted by Crippen LogP contribution is -2.38. The van der Waals surface area contributed by atoms with Gasteiger partial charge in [-0.15, -0.1) is 0 Å². The summed E-state index contributed by atoms with van der Waals surface area (Å²) in [6.07, 6.45) is 2.89. The number of nitrogens with zero attached hydrogens (tertiary/aromatic N) is 3. The molecular weight excluding hydrogens is 302 g/mol. The largest absolute Gasteiger partial charge is 0.348 e. The van der Waals surface area contributed by atoms with Crippen LogP contribution in [0.3, 0.4) is 0 Å². The minimum atomic E-state index is -2.75. The molecule has 0 aromatic carbocycles. The fourth-order valence-corrected chi connectivity index (χ4v) is 5.11. The summed E-state index contributed by atoms with van der Waals surface area (Å²) in [5.74, 6) is 1.26. The molecule has 0 saturated carbocycles. The molecule has 1 amide bonds. The van der Waals surface area contributed by atoms with E-state index in [4.69, 9.17) is 0 Å². The van der Waals surface area contributed by atoms with Gasteiger partial charge in [0.1, 0.15) is 0 Å². The topological polar surface area (TPSA) is 60.9 Å². The molecule has 7 heteroatoms. The highest BCUT2D eigenvalue weighted by molar-refractivity contribution is 7.91. The van der Waals surface area contributed by atoms with Crippen LogP contribution in [0.2, 0.25) is 0 Å². The summed E-state index contributed by atoms with van der Waals surface area (Å²) in [5.41, 5.74) is 0. The highest BCUT2D eigenvalue weighted by Crippen LogP contribution is 2.22. The minimum absolute atomic E-state index is 0.157. The van der Waals surface area contributed by atoms with E-state index in [1.807, 2.05) is 0 Å². The molecule has 6 nitrogen and oxygen atoms in total. The van der Waals surface area contributed by atoms with Crippen molar-refractivity contribution < 1.29 is 13.2 Å². The molecule has 2 rings (SSSR count). The second-order valence-corrected chi connectivity index (χ2v) is 9.05. The Morgan fingerprint density at radius 3 is 2.45 bits per heavy atom. The van der Waals surface area contributed by atoms with Gasteiger partial charge in [0.2, 0.25) is 5.91 Å². The van der Waals surface area contributed by atoms with Gasteiger partial charge in [0.05, 0.1) is 18.1 Å². The van der Waals surface area contributed by atoms with Crippen molar-refractivity contribution >= 4 is 15.7 Å². The first-order valence-electron chi connectivity index (χ1n) is 8.21. The smallest absolute Gasteiger partial charge is 0.236 e. The van der Waals surface area contributed by atoms with E-state index < -0.39 is 9.84 Å². The van der Waals surface area contributed by atoms with E-state index >= 15 is 0 Å². The van der Waals surface area contributed by atoms with Crippen LogP contribution in [0.25, 0.3) is 0 Å². The summed E-state index contributed by atoms with van der Waals surface area (Å²) in [6, 6.07) is 0. The normalized spacial score (nSPS) is 26.7. The van der Waals surface area contributed by atoms with Crippen molar-refractivity contribution in [2.75, 3.05) is 64.9 Å². The third-order valence-electron chi connectivity index (χ3n) is 4.72. The van der Waals surface area contributed by atoms with E-state index in [9.17, 15) is 13.2 Å². The molecule has 0 aliphatic carbocycles. The Morgan fingerprint density at radius 2 is 1.82 bits per heavy atom. The summed E-state index contributed by atoms with van der Waals surface area (Å²) in [5, 5.41) is 0. The predicted molar refractivity (Wildman–Crippen MR) is 87.6 cm³/mol. The highest BCUT2D eigenvalue weighted by atomic mass is 32.2. The van der Waals surface area contributed by atoms with Gasteiger partial charge in [0, 0.05) is 27.2 Å². The van der Waals surface area contributed by atoms with Crippen LogP contribution < -0.4 is 0 Å². The molecule has 0 spiro atoms. The molecule has 2 heterocycles. The van der Waals surface area contributed by atoms with E-state index in [0.717, 1.165) is 52.0 Å². The Bertz CT molecular complexity index is 478. The van der Waals surface area contributed by atoms with E-state index in [0.29, 0.717) is 24.0 Å². The monoisotopic (exact) mass is 331 g/mol. The van der Waals surface area contributed by atoms with Crippen molar-refractivity contribution in [1.29, 1.82) is 0 Å². The number of hydrogen-bond acceptors (Lipinski definition) is 5. The number of likely N-dealkylation sites (N-methyl/N-ethyl adjacent to an activating group) is 1. The lowest BCUT2D eigenvalue weighted by Gasteiger charge is -2.23. The lowest BCUT2D eigenvalue weighted by molar-refractivity contribution is -0.129. The standard InChI is InChI=1S/C15H29N3O3S/c1-16(2)15(19)12-18-7-3-6-17(9-10-18)8-4-14-5-11-22(20,21)13-14/h14H,3-13H2,1-2H3. The van der Waals surface area contributed by atoms with Crippen molar-refractivity contribution in [1.82, 2.24) is 14.7 Å². The van der Waals surface area contributed by atoms with Crippen molar-refractivity contribution in [2.24, 2.45) is 5.92 Å². The number of hydrogen-bond donors (Lipinski definition) is 0. The van der Waals surface area contributed by atoms with Gasteiger partial charge in [-0.25, -0.2) is 8.42 Å². The van der Waals surface area contributed by atoms with Gasteiger partial charge < -0.3 is 9.80 Å². The molecule has 0 N–H and O–H groups in total. The summed E-state index contributed by atoms with van der Waals surface area (Å²) < 4.78 is 23.0. The average molecular weight is 331 g/mol. The molecule has 2 aliphatic heterocycles. The maximum absolute atomic E-state index is 11.8. The van der Waals surface area contributed by atoms with Crippen LogP contribution in [-0.4, -0.2) is 93.9 Å². The predicted octanol–water partition coefficient (Wildman–Crippen LogP) is -0.0929. The molecule has 0 aromatic rings. The van der Waals surface area contributed by atoms with Crippen LogP contribution in [0, 0.1) is 5.92 Å². The van der Waals surface area contributed by atoms with Gasteiger partial charge >= 0.3 is 0 Å². The molecular formula is C15H29N3O3S. The summed E-state index contributed by atoms with van der Waals surface area (Å²) in [7, 11) is 0.833. The number of rotatable bonds is 5. The van der Waals surface area contributed by atoms with Crippen molar-refractivity contribution in [2.45, 2.75) is 19.3 Å². The molecule has 22 heavy (non-hydrogen) atoms. The van der Waals surface area contributed by atoms with Crippen LogP contribution in [0.4, 0.5) is 0 Å². The molecule has 0 bridgehead atoms. The Kier molecular flexibility index (Phi) is 6.23. The van der Waals surface area contributed by atoms with Gasteiger partial charge in [-0.3, -0.25) is 9.69 Å². The highest BCUT2D eigenvalue weighted by Gasteiger charge is 2.28. The minimum Gasteiger partial charge on any atom is -0.348 e. The van der Waals surface area contributed by atoms with E-state index in [1.54, 1.807) is 19.0 Å². The van der Waals surface area contributed by atoms with Crippen molar-refractivity contribution in [3.63, 3.8) is 0 Å².